The summed E-state index contributed by atoms with van der Waals surface area (Å²) < 4.78 is 5.40. The van der Waals surface area contributed by atoms with Gasteiger partial charge in [-0.2, -0.15) is 11.8 Å². The molecule has 3 unspecified atom stereocenters. The molecule has 2 nitrogen and oxygen atoms in total. The summed E-state index contributed by atoms with van der Waals surface area (Å²) in [6, 6.07) is 5.23. The SMILES string of the molecule is CCSC1CCCC1NC(C)Cc1ccco1. The van der Waals surface area contributed by atoms with Gasteiger partial charge in [0.2, 0.25) is 0 Å². The normalized spacial score (nSPS) is 26.2. The van der Waals surface area contributed by atoms with E-state index >= 15 is 0 Å². The summed E-state index contributed by atoms with van der Waals surface area (Å²) in [5.74, 6) is 2.32. The summed E-state index contributed by atoms with van der Waals surface area (Å²) in [6.07, 6.45) is 6.84. The monoisotopic (exact) mass is 253 g/mol. The second-order valence-corrected chi connectivity index (χ2v) is 6.40. The molecule has 1 aliphatic carbocycles. The highest BCUT2D eigenvalue weighted by molar-refractivity contribution is 7.99. The molecule has 0 spiro atoms. The molecule has 0 aliphatic heterocycles. The summed E-state index contributed by atoms with van der Waals surface area (Å²) in [4.78, 5) is 0. The van der Waals surface area contributed by atoms with Gasteiger partial charge in [0, 0.05) is 23.8 Å². The van der Waals surface area contributed by atoms with Gasteiger partial charge in [-0.15, -0.1) is 0 Å². The minimum absolute atomic E-state index is 0.504. The second kappa shape index (κ2) is 6.50. The molecule has 2 rings (SSSR count). The van der Waals surface area contributed by atoms with Crippen molar-refractivity contribution in [3.05, 3.63) is 24.2 Å². The quantitative estimate of drug-likeness (QED) is 0.840. The van der Waals surface area contributed by atoms with E-state index in [1.165, 1.54) is 25.0 Å². The van der Waals surface area contributed by atoms with Crippen LogP contribution in [0, 0.1) is 0 Å². The van der Waals surface area contributed by atoms with Crippen LogP contribution < -0.4 is 5.32 Å². The van der Waals surface area contributed by atoms with Crippen molar-refractivity contribution in [3.8, 4) is 0 Å². The molecular weight excluding hydrogens is 230 g/mol. The zero-order valence-corrected chi connectivity index (χ0v) is 11.6. The Bertz CT molecular complexity index is 312. The van der Waals surface area contributed by atoms with Crippen LogP contribution in [0.15, 0.2) is 22.8 Å². The van der Waals surface area contributed by atoms with Crippen molar-refractivity contribution in [2.24, 2.45) is 0 Å². The van der Waals surface area contributed by atoms with E-state index in [4.69, 9.17) is 4.42 Å². The predicted molar refractivity (Wildman–Crippen MR) is 74.6 cm³/mol. The number of rotatable bonds is 6. The van der Waals surface area contributed by atoms with E-state index in [9.17, 15) is 0 Å². The Morgan fingerprint density at radius 1 is 1.53 bits per heavy atom. The Morgan fingerprint density at radius 3 is 3.12 bits per heavy atom. The molecule has 17 heavy (non-hydrogen) atoms. The molecule has 0 amide bonds. The molecule has 1 saturated carbocycles. The third kappa shape index (κ3) is 3.78. The Hall–Kier alpha value is -0.410. The van der Waals surface area contributed by atoms with Gasteiger partial charge in [0.1, 0.15) is 5.76 Å². The van der Waals surface area contributed by atoms with Crippen LogP contribution in [0.25, 0.3) is 0 Å². The number of furan rings is 1. The topological polar surface area (TPSA) is 25.2 Å². The summed E-state index contributed by atoms with van der Waals surface area (Å²) in [6.45, 7) is 4.51. The van der Waals surface area contributed by atoms with Crippen LogP contribution in [0.4, 0.5) is 0 Å². The number of hydrogen-bond acceptors (Lipinski definition) is 3. The second-order valence-electron chi connectivity index (χ2n) is 4.88. The van der Waals surface area contributed by atoms with Crippen molar-refractivity contribution in [3.63, 3.8) is 0 Å². The third-order valence-corrected chi connectivity index (χ3v) is 4.75. The van der Waals surface area contributed by atoms with Crippen LogP contribution in [-0.2, 0) is 6.42 Å². The minimum atomic E-state index is 0.504. The van der Waals surface area contributed by atoms with E-state index < -0.39 is 0 Å². The number of thioether (sulfide) groups is 1. The first kappa shape index (κ1) is 13.0. The Labute approximate surface area is 109 Å². The van der Waals surface area contributed by atoms with Crippen molar-refractivity contribution < 1.29 is 4.42 Å². The first-order valence-electron chi connectivity index (χ1n) is 6.69. The van der Waals surface area contributed by atoms with Gasteiger partial charge < -0.3 is 9.73 Å². The molecule has 1 aromatic heterocycles. The fourth-order valence-electron chi connectivity index (χ4n) is 2.69. The summed E-state index contributed by atoms with van der Waals surface area (Å²) in [5.41, 5.74) is 0. The molecule has 0 aromatic carbocycles. The molecule has 0 saturated heterocycles. The lowest BCUT2D eigenvalue weighted by atomic mass is 10.1. The van der Waals surface area contributed by atoms with Gasteiger partial charge >= 0.3 is 0 Å². The van der Waals surface area contributed by atoms with Crippen molar-refractivity contribution in [1.29, 1.82) is 0 Å². The Balaban J connectivity index is 1.79. The van der Waals surface area contributed by atoms with Gasteiger partial charge in [0.05, 0.1) is 6.26 Å². The van der Waals surface area contributed by atoms with Crippen LogP contribution in [0.5, 0.6) is 0 Å². The van der Waals surface area contributed by atoms with E-state index in [-0.39, 0.29) is 0 Å². The molecule has 0 radical (unpaired) electrons. The van der Waals surface area contributed by atoms with Gasteiger partial charge in [0.25, 0.3) is 0 Å². The predicted octanol–water partition coefficient (Wildman–Crippen LogP) is 3.47. The zero-order chi connectivity index (χ0) is 12.1. The maximum atomic E-state index is 5.40. The van der Waals surface area contributed by atoms with Crippen LogP contribution in [-0.4, -0.2) is 23.1 Å². The fraction of sp³-hybridized carbons (Fsp3) is 0.714. The summed E-state index contributed by atoms with van der Waals surface area (Å²) >= 11 is 2.11. The average Bonchev–Trinajstić information content (AvgIpc) is 2.92. The van der Waals surface area contributed by atoms with Crippen molar-refractivity contribution in [1.82, 2.24) is 5.32 Å². The molecule has 96 valence electrons. The first-order chi connectivity index (χ1) is 8.29. The Kier molecular flexibility index (Phi) is 4.99. The highest BCUT2D eigenvalue weighted by Gasteiger charge is 2.27. The molecular formula is C14H23NOS. The highest BCUT2D eigenvalue weighted by Crippen LogP contribution is 2.30. The minimum Gasteiger partial charge on any atom is -0.469 e. The zero-order valence-electron chi connectivity index (χ0n) is 10.8. The standard InChI is InChI=1S/C14H23NOS/c1-3-17-14-8-4-7-13(14)15-11(2)10-12-6-5-9-16-12/h5-6,9,11,13-15H,3-4,7-8,10H2,1-2H3. The smallest absolute Gasteiger partial charge is 0.105 e. The summed E-state index contributed by atoms with van der Waals surface area (Å²) in [5, 5.41) is 4.59. The first-order valence-corrected chi connectivity index (χ1v) is 7.74. The molecule has 1 N–H and O–H groups in total. The average molecular weight is 253 g/mol. The van der Waals surface area contributed by atoms with Crippen LogP contribution in [0.2, 0.25) is 0 Å². The highest BCUT2D eigenvalue weighted by atomic mass is 32.2. The number of nitrogens with one attached hydrogen (secondary N) is 1. The molecule has 3 atom stereocenters. The van der Waals surface area contributed by atoms with Crippen LogP contribution in [0.1, 0.15) is 38.9 Å². The lowest BCUT2D eigenvalue weighted by molar-refractivity contribution is 0.417. The van der Waals surface area contributed by atoms with Crippen LogP contribution >= 0.6 is 11.8 Å². The lowest BCUT2D eigenvalue weighted by Gasteiger charge is -2.24. The van der Waals surface area contributed by atoms with Crippen molar-refractivity contribution in [2.75, 3.05) is 5.75 Å². The molecule has 1 aliphatic rings. The van der Waals surface area contributed by atoms with Crippen molar-refractivity contribution in [2.45, 2.75) is 56.9 Å². The molecule has 1 heterocycles. The van der Waals surface area contributed by atoms with E-state index in [1.54, 1.807) is 6.26 Å². The van der Waals surface area contributed by atoms with Gasteiger partial charge in [0.15, 0.2) is 0 Å². The molecule has 1 fully saturated rings. The van der Waals surface area contributed by atoms with Gasteiger partial charge in [-0.3, -0.25) is 0 Å². The Morgan fingerprint density at radius 2 is 2.41 bits per heavy atom. The van der Waals surface area contributed by atoms with Gasteiger partial charge in [-0.1, -0.05) is 13.3 Å². The number of hydrogen-bond donors (Lipinski definition) is 1. The van der Waals surface area contributed by atoms with E-state index in [2.05, 4.69) is 37.0 Å². The lowest BCUT2D eigenvalue weighted by Crippen LogP contribution is -2.41. The van der Waals surface area contributed by atoms with Crippen LogP contribution in [0.3, 0.4) is 0 Å². The molecule has 1 aromatic rings. The van der Waals surface area contributed by atoms with Gasteiger partial charge in [-0.05, 0) is 37.7 Å². The summed E-state index contributed by atoms with van der Waals surface area (Å²) in [7, 11) is 0. The molecule has 3 heteroatoms. The van der Waals surface area contributed by atoms with Gasteiger partial charge in [-0.25, -0.2) is 0 Å². The maximum Gasteiger partial charge on any atom is 0.105 e. The van der Waals surface area contributed by atoms with E-state index in [1.807, 2.05) is 6.07 Å². The third-order valence-electron chi connectivity index (χ3n) is 3.42. The fourth-order valence-corrected chi connectivity index (χ4v) is 3.89. The largest absolute Gasteiger partial charge is 0.469 e. The maximum absolute atomic E-state index is 5.40. The van der Waals surface area contributed by atoms with E-state index in [0.29, 0.717) is 12.1 Å². The molecule has 0 bridgehead atoms. The van der Waals surface area contributed by atoms with E-state index in [0.717, 1.165) is 17.4 Å². The van der Waals surface area contributed by atoms with Crippen molar-refractivity contribution >= 4 is 11.8 Å².